The molecule has 0 aliphatic rings. The van der Waals surface area contributed by atoms with Gasteiger partial charge in [-0.15, -0.1) is 0 Å². The lowest BCUT2D eigenvalue weighted by molar-refractivity contribution is 0.0119. The second-order valence-electron chi connectivity index (χ2n) is 7.74. The molecule has 1 aromatic carbocycles. The average Bonchev–Trinajstić information content (AvgIpc) is 3.04. The lowest BCUT2D eigenvalue weighted by Crippen LogP contribution is -2.43. The minimum atomic E-state index is -4.94. The third-order valence-corrected chi connectivity index (χ3v) is 8.21. The number of fused-ring (bicyclic) bond motifs is 1. The molecule has 172 valence electrons. The van der Waals surface area contributed by atoms with Crippen molar-refractivity contribution in [1.82, 2.24) is 9.29 Å². The molecule has 0 radical (unpaired) electrons. The largest absolute Gasteiger partial charge is 0.401 e. The second-order valence-corrected chi connectivity index (χ2v) is 11.8. The average molecular weight is 475 g/mol. The Kier molecular flexibility index (Phi) is 8.17. The van der Waals surface area contributed by atoms with Gasteiger partial charge in [0.2, 0.25) is 0 Å². The van der Waals surface area contributed by atoms with Gasteiger partial charge in [0, 0.05) is 22.7 Å². The number of alkyl halides is 2. The van der Waals surface area contributed by atoms with E-state index in [4.69, 9.17) is 14.3 Å². The van der Waals surface area contributed by atoms with Gasteiger partial charge in [-0.25, -0.2) is 8.93 Å². The molecular formula is C20H28F2N3O4PS. The molecule has 0 bridgehead atoms. The normalized spacial score (nSPS) is 15.0. The van der Waals surface area contributed by atoms with Crippen LogP contribution in [0.2, 0.25) is 0 Å². The number of halogens is 2. The maximum absolute atomic E-state index is 15.9. The van der Waals surface area contributed by atoms with Gasteiger partial charge in [-0.1, -0.05) is 18.2 Å². The summed E-state index contributed by atoms with van der Waals surface area (Å²) in [5.41, 5.74) is -3.46. The van der Waals surface area contributed by atoms with Crippen LogP contribution >= 0.6 is 7.60 Å². The fraction of sp³-hybridized carbons (Fsp3) is 0.550. The van der Waals surface area contributed by atoms with E-state index in [0.717, 1.165) is 0 Å². The highest BCUT2D eigenvalue weighted by atomic mass is 32.2. The Hall–Kier alpha value is -1.63. The van der Waals surface area contributed by atoms with Crippen LogP contribution in [0, 0.1) is 11.3 Å². The number of para-hydroxylation sites is 1. The van der Waals surface area contributed by atoms with E-state index < -0.39 is 35.0 Å². The quantitative estimate of drug-likeness (QED) is 0.482. The number of hydrogen-bond donors (Lipinski definition) is 1. The summed E-state index contributed by atoms with van der Waals surface area (Å²) in [6.07, 6.45) is 1.39. The second kappa shape index (κ2) is 9.88. The van der Waals surface area contributed by atoms with Gasteiger partial charge >= 0.3 is 13.3 Å². The van der Waals surface area contributed by atoms with E-state index in [-0.39, 0.29) is 25.3 Å². The first kappa shape index (κ1) is 25.6. The zero-order valence-corrected chi connectivity index (χ0v) is 19.9. The van der Waals surface area contributed by atoms with E-state index in [2.05, 4.69) is 4.72 Å². The molecule has 0 amide bonds. The summed E-state index contributed by atoms with van der Waals surface area (Å²) >= 11 is 0. The van der Waals surface area contributed by atoms with E-state index in [1.165, 1.54) is 24.6 Å². The van der Waals surface area contributed by atoms with Gasteiger partial charge in [-0.2, -0.15) is 14.0 Å². The number of nitriles is 1. The maximum Gasteiger partial charge on any atom is 0.401 e. The Balaban J connectivity index is 2.75. The number of benzene rings is 1. The van der Waals surface area contributed by atoms with Crippen molar-refractivity contribution < 1.29 is 26.6 Å². The van der Waals surface area contributed by atoms with Crippen LogP contribution < -0.4 is 4.72 Å². The molecule has 0 aliphatic carbocycles. The monoisotopic (exact) mass is 475 g/mol. The van der Waals surface area contributed by atoms with Crippen molar-refractivity contribution in [2.75, 3.05) is 13.2 Å². The Bertz CT molecular complexity index is 1020. The first-order valence-corrected chi connectivity index (χ1v) is 12.5. The van der Waals surface area contributed by atoms with Crippen LogP contribution in [0.5, 0.6) is 0 Å². The fourth-order valence-electron chi connectivity index (χ4n) is 3.02. The third-order valence-electron chi connectivity index (χ3n) is 4.46. The SMILES string of the molecule is CCOP(=O)(OCC)C(F)(F)C(NS(=O)C(C)(C)C)c1cn(CC#N)c2ccccc12. The van der Waals surface area contributed by atoms with Crippen molar-refractivity contribution in [2.45, 2.75) is 57.6 Å². The van der Waals surface area contributed by atoms with E-state index >= 15 is 8.78 Å². The highest BCUT2D eigenvalue weighted by Crippen LogP contribution is 2.66. The first-order chi connectivity index (χ1) is 14.4. The van der Waals surface area contributed by atoms with Crippen LogP contribution in [0.25, 0.3) is 10.9 Å². The molecule has 2 atom stereocenters. The van der Waals surface area contributed by atoms with Gasteiger partial charge < -0.3 is 13.6 Å². The van der Waals surface area contributed by atoms with Gasteiger partial charge in [0.15, 0.2) is 0 Å². The van der Waals surface area contributed by atoms with E-state index in [1.807, 2.05) is 6.07 Å². The highest BCUT2D eigenvalue weighted by Gasteiger charge is 2.60. The van der Waals surface area contributed by atoms with Gasteiger partial charge in [0.25, 0.3) is 0 Å². The number of nitrogens with one attached hydrogen (secondary N) is 1. The minimum Gasteiger partial charge on any atom is -0.333 e. The summed E-state index contributed by atoms with van der Waals surface area (Å²) in [7, 11) is -6.87. The Morgan fingerprint density at radius 3 is 2.32 bits per heavy atom. The number of nitrogens with zero attached hydrogens (tertiary/aromatic N) is 2. The molecule has 2 unspecified atom stereocenters. The molecule has 2 rings (SSSR count). The van der Waals surface area contributed by atoms with E-state index in [9.17, 15) is 8.77 Å². The molecule has 1 aromatic heterocycles. The molecule has 1 heterocycles. The zero-order chi connectivity index (χ0) is 23.4. The summed E-state index contributed by atoms with van der Waals surface area (Å²) < 4.78 is 70.8. The van der Waals surface area contributed by atoms with Crippen LogP contribution in [-0.4, -0.2) is 32.4 Å². The summed E-state index contributed by atoms with van der Waals surface area (Å²) in [4.78, 5) is 0. The van der Waals surface area contributed by atoms with Crippen LogP contribution in [0.1, 0.15) is 46.2 Å². The summed E-state index contributed by atoms with van der Waals surface area (Å²) in [5, 5.41) is 9.56. The topological polar surface area (TPSA) is 93.3 Å². The predicted octanol–water partition coefficient (Wildman–Crippen LogP) is 5.12. The van der Waals surface area contributed by atoms with Crippen molar-refractivity contribution >= 4 is 29.5 Å². The van der Waals surface area contributed by atoms with Crippen LogP contribution in [-0.2, 0) is 31.1 Å². The first-order valence-electron chi connectivity index (χ1n) is 9.82. The van der Waals surface area contributed by atoms with Crippen molar-refractivity contribution in [2.24, 2.45) is 0 Å². The van der Waals surface area contributed by atoms with E-state index in [0.29, 0.717) is 10.9 Å². The molecular weight excluding hydrogens is 447 g/mol. The van der Waals surface area contributed by atoms with Crippen molar-refractivity contribution in [1.29, 1.82) is 5.26 Å². The summed E-state index contributed by atoms with van der Waals surface area (Å²) in [6.45, 7) is 7.21. The van der Waals surface area contributed by atoms with Crippen LogP contribution in [0.3, 0.4) is 0 Å². The van der Waals surface area contributed by atoms with Crippen LogP contribution in [0.4, 0.5) is 8.78 Å². The van der Waals surface area contributed by atoms with Gasteiger partial charge in [-0.05, 0) is 40.7 Å². The predicted molar refractivity (Wildman–Crippen MR) is 117 cm³/mol. The van der Waals surface area contributed by atoms with Crippen molar-refractivity contribution in [3.8, 4) is 6.07 Å². The van der Waals surface area contributed by atoms with Gasteiger partial charge in [0.1, 0.15) is 12.6 Å². The lowest BCUT2D eigenvalue weighted by Gasteiger charge is -2.33. The molecule has 0 saturated heterocycles. The lowest BCUT2D eigenvalue weighted by atomic mass is 10.1. The minimum absolute atomic E-state index is 0.0491. The molecule has 7 nitrogen and oxygen atoms in total. The number of hydrogen-bond acceptors (Lipinski definition) is 5. The Labute approximate surface area is 183 Å². The molecule has 1 N–H and O–H groups in total. The molecule has 2 aromatic rings. The van der Waals surface area contributed by atoms with Crippen molar-refractivity contribution in [3.63, 3.8) is 0 Å². The zero-order valence-electron chi connectivity index (χ0n) is 18.2. The van der Waals surface area contributed by atoms with Crippen molar-refractivity contribution in [3.05, 3.63) is 36.0 Å². The van der Waals surface area contributed by atoms with Gasteiger partial charge in [-0.3, -0.25) is 4.57 Å². The summed E-state index contributed by atoms with van der Waals surface area (Å²) in [6, 6.07) is 6.74. The third kappa shape index (κ3) is 5.24. The summed E-state index contributed by atoms with van der Waals surface area (Å²) in [5.74, 6) is 0. The molecule has 0 aliphatic heterocycles. The standard InChI is InChI=1S/C20H28F2N3O4PS/c1-6-28-30(26,29-7-2)20(21,22)18(24-31(27)19(3,4)5)16-14-25(13-12-23)17-11-9-8-10-15(16)17/h8-11,14,18,24H,6-7,13H2,1-5H3. The molecule has 11 heteroatoms. The molecule has 0 fully saturated rings. The maximum atomic E-state index is 15.9. The van der Waals surface area contributed by atoms with E-state index in [1.54, 1.807) is 45.0 Å². The number of aromatic nitrogens is 1. The fourth-order valence-corrected chi connectivity index (χ4v) is 5.57. The molecule has 0 spiro atoms. The highest BCUT2D eigenvalue weighted by molar-refractivity contribution is 7.84. The molecule has 31 heavy (non-hydrogen) atoms. The smallest absolute Gasteiger partial charge is 0.333 e. The molecule has 0 saturated carbocycles. The Morgan fingerprint density at radius 1 is 1.23 bits per heavy atom. The van der Waals surface area contributed by atoms with Gasteiger partial charge in [0.05, 0.1) is 35.0 Å². The van der Waals surface area contributed by atoms with Crippen LogP contribution in [0.15, 0.2) is 30.5 Å². The number of rotatable bonds is 10. The Morgan fingerprint density at radius 2 is 1.81 bits per heavy atom.